The van der Waals surface area contributed by atoms with Gasteiger partial charge < -0.3 is 20.3 Å². The average Bonchev–Trinajstić information content (AvgIpc) is 3.19. The lowest BCUT2D eigenvalue weighted by molar-refractivity contribution is -0.117. The molecule has 1 fully saturated rings. The Balaban J connectivity index is 0.00000341. The van der Waals surface area contributed by atoms with E-state index in [4.69, 9.17) is 4.74 Å². The molecule has 6 nitrogen and oxygen atoms in total. The lowest BCUT2D eigenvalue weighted by atomic mass is 10.2. The third kappa shape index (κ3) is 7.64. The maximum atomic E-state index is 12.3. The van der Waals surface area contributed by atoms with Gasteiger partial charge in [-0.3, -0.25) is 9.79 Å². The Bertz CT molecular complexity index is 878. The first-order valence-electron chi connectivity index (χ1n) is 9.89. The van der Waals surface area contributed by atoms with Crippen molar-refractivity contribution >= 4 is 41.5 Å². The SMILES string of the molecule is CN=C(NCc1ccc(N2CCCC2=O)cc1)NCc1cccc(OCC(F)F)c1.I. The molecule has 1 amide bonds. The number of benzene rings is 2. The molecule has 0 aliphatic carbocycles. The van der Waals surface area contributed by atoms with Gasteiger partial charge in [0.05, 0.1) is 0 Å². The van der Waals surface area contributed by atoms with Crippen LogP contribution in [0.15, 0.2) is 53.5 Å². The van der Waals surface area contributed by atoms with Gasteiger partial charge in [-0.1, -0.05) is 24.3 Å². The molecule has 2 aromatic carbocycles. The van der Waals surface area contributed by atoms with Gasteiger partial charge in [0.25, 0.3) is 6.43 Å². The standard InChI is InChI=1S/C22H26F2N4O2.HI/c1-25-22(27-14-17-4-2-5-19(12-17)30-15-20(23)24)26-13-16-7-9-18(10-8-16)28-11-3-6-21(28)29;/h2,4-5,7-10,12,20H,3,6,11,13-15H2,1H3,(H2,25,26,27);1H. The number of alkyl halides is 2. The van der Waals surface area contributed by atoms with Crippen LogP contribution in [0.4, 0.5) is 14.5 Å². The number of hydrogen-bond donors (Lipinski definition) is 2. The van der Waals surface area contributed by atoms with Crippen molar-refractivity contribution in [2.24, 2.45) is 4.99 Å². The summed E-state index contributed by atoms with van der Waals surface area (Å²) in [6.45, 7) is 1.21. The maximum absolute atomic E-state index is 12.3. The first-order valence-corrected chi connectivity index (χ1v) is 9.89. The van der Waals surface area contributed by atoms with Crippen LogP contribution in [0, 0.1) is 0 Å². The third-order valence-corrected chi connectivity index (χ3v) is 4.74. The topological polar surface area (TPSA) is 66.0 Å². The second kappa shape index (κ2) is 12.4. The van der Waals surface area contributed by atoms with Crippen LogP contribution in [-0.4, -0.2) is 38.5 Å². The van der Waals surface area contributed by atoms with Crippen molar-refractivity contribution in [1.29, 1.82) is 0 Å². The van der Waals surface area contributed by atoms with Crippen molar-refractivity contribution in [3.8, 4) is 5.75 Å². The first-order chi connectivity index (χ1) is 14.5. The van der Waals surface area contributed by atoms with Gasteiger partial charge in [0.1, 0.15) is 12.4 Å². The zero-order chi connectivity index (χ0) is 21.3. The van der Waals surface area contributed by atoms with Gasteiger partial charge >= 0.3 is 0 Å². The smallest absolute Gasteiger partial charge is 0.272 e. The first kappa shape index (κ1) is 24.8. The average molecular weight is 544 g/mol. The quantitative estimate of drug-likeness (QED) is 0.300. The molecule has 0 unspecified atom stereocenters. The van der Waals surface area contributed by atoms with Crippen LogP contribution in [0.1, 0.15) is 24.0 Å². The van der Waals surface area contributed by atoms with Gasteiger partial charge in [0.2, 0.25) is 5.91 Å². The number of amides is 1. The van der Waals surface area contributed by atoms with Gasteiger partial charge in [-0.05, 0) is 41.8 Å². The summed E-state index contributed by atoms with van der Waals surface area (Å²) in [6, 6.07) is 14.9. The molecule has 2 N–H and O–H groups in total. The van der Waals surface area contributed by atoms with E-state index >= 15 is 0 Å². The van der Waals surface area contributed by atoms with E-state index in [1.165, 1.54) is 0 Å². The minimum atomic E-state index is -2.50. The molecule has 31 heavy (non-hydrogen) atoms. The summed E-state index contributed by atoms with van der Waals surface area (Å²) in [4.78, 5) is 17.9. The molecular formula is C22H27F2IN4O2. The molecule has 1 aliphatic heterocycles. The number of nitrogens with one attached hydrogen (secondary N) is 2. The Hall–Kier alpha value is -2.43. The number of guanidine groups is 1. The van der Waals surface area contributed by atoms with E-state index < -0.39 is 13.0 Å². The molecule has 168 valence electrons. The fraction of sp³-hybridized carbons (Fsp3) is 0.364. The van der Waals surface area contributed by atoms with Crippen molar-refractivity contribution < 1.29 is 18.3 Å². The van der Waals surface area contributed by atoms with E-state index in [0.717, 1.165) is 29.8 Å². The van der Waals surface area contributed by atoms with Crippen LogP contribution >= 0.6 is 24.0 Å². The summed E-state index contributed by atoms with van der Waals surface area (Å²) in [6.07, 6.45) is -0.975. The number of nitrogens with zero attached hydrogens (tertiary/aromatic N) is 2. The number of halogens is 3. The molecule has 1 heterocycles. The molecule has 0 saturated carbocycles. The third-order valence-electron chi connectivity index (χ3n) is 4.74. The van der Waals surface area contributed by atoms with Crippen LogP contribution in [0.25, 0.3) is 0 Å². The molecule has 2 aromatic rings. The Morgan fingerprint density at radius 1 is 1.13 bits per heavy atom. The highest BCUT2D eigenvalue weighted by atomic mass is 127. The van der Waals surface area contributed by atoms with Gasteiger partial charge in [0, 0.05) is 38.8 Å². The Morgan fingerprint density at radius 2 is 1.84 bits per heavy atom. The second-order valence-electron chi connectivity index (χ2n) is 6.94. The molecule has 0 atom stereocenters. The zero-order valence-electron chi connectivity index (χ0n) is 17.3. The molecule has 0 bridgehead atoms. The molecule has 0 radical (unpaired) electrons. The summed E-state index contributed by atoms with van der Waals surface area (Å²) < 4.78 is 29.6. The maximum Gasteiger partial charge on any atom is 0.272 e. The van der Waals surface area contributed by atoms with Crippen molar-refractivity contribution in [1.82, 2.24) is 10.6 Å². The number of ether oxygens (including phenoxy) is 1. The number of anilines is 1. The largest absolute Gasteiger partial charge is 0.488 e. The van der Waals surface area contributed by atoms with Crippen LogP contribution in [0.5, 0.6) is 5.75 Å². The van der Waals surface area contributed by atoms with Gasteiger partial charge in [-0.2, -0.15) is 0 Å². The number of hydrogen-bond acceptors (Lipinski definition) is 3. The Morgan fingerprint density at radius 3 is 2.45 bits per heavy atom. The summed E-state index contributed by atoms with van der Waals surface area (Å²) in [5.74, 6) is 1.20. The van der Waals surface area contributed by atoms with Gasteiger partial charge in [0.15, 0.2) is 5.96 Å². The van der Waals surface area contributed by atoms with Crippen LogP contribution in [-0.2, 0) is 17.9 Å². The molecule has 9 heteroatoms. The number of aliphatic imine (C=N–C) groups is 1. The van der Waals surface area contributed by atoms with Gasteiger partial charge in [-0.25, -0.2) is 8.78 Å². The molecule has 3 rings (SSSR count). The molecule has 0 spiro atoms. The summed E-state index contributed by atoms with van der Waals surface area (Å²) in [7, 11) is 1.68. The van der Waals surface area contributed by atoms with E-state index in [9.17, 15) is 13.6 Å². The highest BCUT2D eigenvalue weighted by Gasteiger charge is 2.21. The van der Waals surface area contributed by atoms with Crippen molar-refractivity contribution in [3.63, 3.8) is 0 Å². The fourth-order valence-corrected chi connectivity index (χ4v) is 3.21. The molecule has 0 aromatic heterocycles. The molecule has 1 aliphatic rings. The van der Waals surface area contributed by atoms with Crippen LogP contribution in [0.2, 0.25) is 0 Å². The molecule has 1 saturated heterocycles. The monoisotopic (exact) mass is 544 g/mol. The van der Waals surface area contributed by atoms with Crippen molar-refractivity contribution in [2.75, 3.05) is 25.1 Å². The lowest BCUT2D eigenvalue weighted by Gasteiger charge is -2.16. The van der Waals surface area contributed by atoms with Crippen molar-refractivity contribution in [2.45, 2.75) is 32.4 Å². The Kier molecular flexibility index (Phi) is 9.96. The number of carbonyl (C=O) groups is 1. The van der Waals surface area contributed by atoms with Crippen LogP contribution < -0.4 is 20.3 Å². The minimum Gasteiger partial charge on any atom is -0.488 e. The highest BCUT2D eigenvalue weighted by Crippen LogP contribution is 2.21. The van der Waals surface area contributed by atoms with Crippen LogP contribution in [0.3, 0.4) is 0 Å². The zero-order valence-corrected chi connectivity index (χ0v) is 19.6. The van der Waals surface area contributed by atoms with E-state index in [-0.39, 0.29) is 29.9 Å². The van der Waals surface area contributed by atoms with Crippen molar-refractivity contribution in [3.05, 3.63) is 59.7 Å². The number of rotatable bonds is 8. The number of carbonyl (C=O) groups excluding carboxylic acids is 1. The summed E-state index contributed by atoms with van der Waals surface area (Å²) in [5.41, 5.74) is 2.89. The minimum absolute atomic E-state index is 0. The summed E-state index contributed by atoms with van der Waals surface area (Å²) in [5, 5.41) is 6.43. The Labute approximate surface area is 198 Å². The highest BCUT2D eigenvalue weighted by molar-refractivity contribution is 14.0. The second-order valence-corrected chi connectivity index (χ2v) is 6.94. The molecular weight excluding hydrogens is 517 g/mol. The predicted octanol–water partition coefficient (Wildman–Crippen LogP) is 3.94. The lowest BCUT2D eigenvalue weighted by Crippen LogP contribution is -2.36. The van der Waals surface area contributed by atoms with E-state index in [0.29, 0.717) is 31.2 Å². The van der Waals surface area contributed by atoms with Gasteiger partial charge in [-0.15, -0.1) is 24.0 Å². The summed E-state index contributed by atoms with van der Waals surface area (Å²) >= 11 is 0. The predicted molar refractivity (Wildman–Crippen MR) is 128 cm³/mol. The van der Waals surface area contributed by atoms with E-state index in [1.54, 1.807) is 25.2 Å². The normalized spacial score (nSPS) is 13.9. The fourth-order valence-electron chi connectivity index (χ4n) is 3.21. The van der Waals surface area contributed by atoms with E-state index in [2.05, 4.69) is 15.6 Å². The van der Waals surface area contributed by atoms with E-state index in [1.807, 2.05) is 35.2 Å².